The van der Waals surface area contributed by atoms with E-state index in [4.69, 9.17) is 9.97 Å². The molecule has 2 nitrogen and oxygen atoms in total. The van der Waals surface area contributed by atoms with Crippen LogP contribution >= 0.6 is 0 Å². The van der Waals surface area contributed by atoms with Gasteiger partial charge in [-0.25, -0.2) is 0 Å². The molecule has 1 unspecified atom stereocenters. The standard InChI is InChI=1S/C45H42IN2/c1-7-45(6,26-25-31(3)4)32(5)43(46-8-2)36-19-17-33(18-20-36)27-41-30-42(39-23-21-34-13-9-11-15-37(34)28-39)48-44(47-41)40-24-22-35-14-10-12-16-38(35)29-40/h8-26,28-30H,2-3,7,27H2,1,4-6H3/q-1/b26-25-,43-32-. The molecule has 0 aliphatic rings. The van der Waals surface area contributed by atoms with Gasteiger partial charge in [-0.1, -0.05) is 48.5 Å². The van der Waals surface area contributed by atoms with Crippen molar-refractivity contribution >= 4 is 25.1 Å². The van der Waals surface area contributed by atoms with Gasteiger partial charge in [0.1, 0.15) is 0 Å². The minimum atomic E-state index is -0.336. The second-order valence-electron chi connectivity index (χ2n) is 12.7. The van der Waals surface area contributed by atoms with E-state index in [2.05, 4.69) is 172 Å². The first-order valence-electron chi connectivity index (χ1n) is 16.5. The molecule has 6 rings (SSSR count). The van der Waals surface area contributed by atoms with Gasteiger partial charge in [0.15, 0.2) is 0 Å². The molecule has 0 N–H and O–H groups in total. The molecule has 0 radical (unpaired) electrons. The number of benzene rings is 5. The number of fused-ring (bicyclic) bond motifs is 2. The number of nitrogens with zero attached hydrogens (tertiary/aromatic N) is 2. The minimum absolute atomic E-state index is 0.0328. The van der Waals surface area contributed by atoms with Gasteiger partial charge < -0.3 is 0 Å². The zero-order valence-electron chi connectivity index (χ0n) is 28.3. The molecule has 240 valence electrons. The average Bonchev–Trinajstić information content (AvgIpc) is 3.12. The Bertz CT molecular complexity index is 2090. The van der Waals surface area contributed by atoms with Crippen molar-refractivity contribution in [1.29, 1.82) is 0 Å². The van der Waals surface area contributed by atoms with Crippen LogP contribution < -0.4 is 21.2 Å². The number of allylic oxidation sites excluding steroid dienone is 4. The maximum absolute atomic E-state index is 5.14. The number of aromatic nitrogens is 2. The second-order valence-corrected chi connectivity index (χ2v) is 15.3. The van der Waals surface area contributed by atoms with Crippen molar-refractivity contribution < 1.29 is 21.2 Å². The predicted octanol–water partition coefficient (Wildman–Crippen LogP) is 9.22. The van der Waals surface area contributed by atoms with Crippen LogP contribution in [0.4, 0.5) is 0 Å². The van der Waals surface area contributed by atoms with Gasteiger partial charge in [-0.05, 0) is 10.8 Å². The summed E-state index contributed by atoms with van der Waals surface area (Å²) in [5.41, 5.74) is 9.00. The van der Waals surface area contributed by atoms with Crippen molar-refractivity contribution in [2.24, 2.45) is 5.41 Å². The zero-order valence-corrected chi connectivity index (χ0v) is 30.5. The third kappa shape index (κ3) is 7.42. The van der Waals surface area contributed by atoms with Gasteiger partial charge in [0.25, 0.3) is 0 Å². The maximum atomic E-state index is 5.14. The molecule has 0 fully saturated rings. The molecule has 0 saturated carbocycles. The zero-order chi connectivity index (χ0) is 33.7. The summed E-state index contributed by atoms with van der Waals surface area (Å²) in [6.45, 7) is 17.2. The Balaban J connectivity index is 1.38. The molecule has 0 spiro atoms. The summed E-state index contributed by atoms with van der Waals surface area (Å²) in [5.74, 6) is 0.747. The normalized spacial score (nSPS) is 13.5. The molecule has 0 amide bonds. The van der Waals surface area contributed by atoms with Gasteiger partial charge >= 0.3 is 238 Å². The van der Waals surface area contributed by atoms with Crippen LogP contribution in [0.25, 0.3) is 47.8 Å². The van der Waals surface area contributed by atoms with E-state index < -0.39 is 0 Å². The average molecular weight is 738 g/mol. The van der Waals surface area contributed by atoms with E-state index in [0.717, 1.165) is 40.3 Å². The van der Waals surface area contributed by atoms with Crippen LogP contribution in [0.3, 0.4) is 0 Å². The molecule has 48 heavy (non-hydrogen) atoms. The van der Waals surface area contributed by atoms with E-state index in [1.807, 2.05) is 0 Å². The SMILES string of the molecule is C=C[I-]/C(=C(/C)C(C)(/C=C\C(=C)C)CC)c1ccc(Cc2cc(-c3ccc4ccccc4c3)nc(-c3ccc4ccccc4c3)n2)cc1. The molecular formula is C45H42IN2-. The van der Waals surface area contributed by atoms with Crippen LogP contribution in [0.5, 0.6) is 0 Å². The van der Waals surface area contributed by atoms with Crippen molar-refractivity contribution in [1.82, 2.24) is 9.97 Å². The summed E-state index contributed by atoms with van der Waals surface area (Å²) in [5, 5.41) is 4.82. The van der Waals surface area contributed by atoms with Crippen molar-refractivity contribution in [2.45, 2.75) is 40.5 Å². The van der Waals surface area contributed by atoms with E-state index >= 15 is 0 Å². The monoisotopic (exact) mass is 737 g/mol. The van der Waals surface area contributed by atoms with Gasteiger partial charge in [0, 0.05) is 0 Å². The molecule has 1 heterocycles. The van der Waals surface area contributed by atoms with E-state index in [-0.39, 0.29) is 26.6 Å². The van der Waals surface area contributed by atoms with Crippen molar-refractivity contribution in [3.8, 4) is 22.6 Å². The number of rotatable bonds is 11. The third-order valence-corrected chi connectivity index (χ3v) is 11.8. The molecular weight excluding hydrogens is 695 g/mol. The Labute approximate surface area is 296 Å². The van der Waals surface area contributed by atoms with Gasteiger partial charge in [-0.3, -0.25) is 0 Å². The molecule has 0 aliphatic carbocycles. The van der Waals surface area contributed by atoms with Crippen LogP contribution in [0.2, 0.25) is 0 Å². The summed E-state index contributed by atoms with van der Waals surface area (Å²) in [4.78, 5) is 10.3. The van der Waals surface area contributed by atoms with Crippen LogP contribution in [0, 0.1) is 5.41 Å². The second kappa shape index (κ2) is 14.7. The van der Waals surface area contributed by atoms with Gasteiger partial charge in [-0.2, -0.15) is 0 Å². The third-order valence-electron chi connectivity index (χ3n) is 9.27. The quantitative estimate of drug-likeness (QED) is 0.0980. The molecule has 0 saturated heterocycles. The summed E-state index contributed by atoms with van der Waals surface area (Å²) < 4.78 is 3.55. The van der Waals surface area contributed by atoms with Gasteiger partial charge in [-0.15, -0.1) is 0 Å². The Kier molecular flexibility index (Phi) is 10.2. The van der Waals surface area contributed by atoms with E-state index in [1.165, 1.54) is 41.8 Å². The summed E-state index contributed by atoms with van der Waals surface area (Å²) in [7, 11) is 0. The molecule has 1 atom stereocenters. The summed E-state index contributed by atoms with van der Waals surface area (Å²) >= 11 is -0.336. The van der Waals surface area contributed by atoms with Crippen molar-refractivity contribution in [3.05, 3.63) is 173 Å². The fourth-order valence-corrected chi connectivity index (χ4v) is 8.29. The van der Waals surface area contributed by atoms with Crippen molar-refractivity contribution in [2.75, 3.05) is 0 Å². The van der Waals surface area contributed by atoms with Crippen LogP contribution in [0.1, 0.15) is 50.9 Å². The first-order valence-corrected chi connectivity index (χ1v) is 18.8. The fourth-order valence-electron chi connectivity index (χ4n) is 6.04. The summed E-state index contributed by atoms with van der Waals surface area (Å²) in [6.07, 6.45) is 6.21. The fraction of sp³-hybridized carbons (Fsp3) is 0.156. The molecule has 0 aliphatic heterocycles. The van der Waals surface area contributed by atoms with Gasteiger partial charge in [0.2, 0.25) is 0 Å². The van der Waals surface area contributed by atoms with E-state index in [0.29, 0.717) is 6.42 Å². The molecule has 1 aromatic heterocycles. The predicted molar refractivity (Wildman–Crippen MR) is 202 cm³/mol. The van der Waals surface area contributed by atoms with Gasteiger partial charge in [0.05, 0.1) is 0 Å². The first-order chi connectivity index (χ1) is 23.3. The Morgan fingerprint density at radius 3 is 1.96 bits per heavy atom. The summed E-state index contributed by atoms with van der Waals surface area (Å²) in [6, 6.07) is 41.2. The Morgan fingerprint density at radius 1 is 0.750 bits per heavy atom. The van der Waals surface area contributed by atoms with Crippen LogP contribution in [0.15, 0.2) is 156 Å². The van der Waals surface area contributed by atoms with Crippen molar-refractivity contribution in [3.63, 3.8) is 0 Å². The number of halogens is 1. The molecule has 3 heteroatoms. The van der Waals surface area contributed by atoms with E-state index in [9.17, 15) is 0 Å². The topological polar surface area (TPSA) is 25.8 Å². The van der Waals surface area contributed by atoms with Crippen LogP contribution in [-0.2, 0) is 6.42 Å². The Hall–Kier alpha value is -4.61. The number of hydrogen-bond acceptors (Lipinski definition) is 2. The molecule has 6 aromatic rings. The molecule has 5 aromatic carbocycles. The van der Waals surface area contributed by atoms with Crippen LogP contribution in [-0.4, -0.2) is 9.97 Å². The molecule has 0 bridgehead atoms. The Morgan fingerprint density at radius 2 is 1.35 bits per heavy atom. The van der Waals surface area contributed by atoms with E-state index in [1.54, 1.807) is 0 Å². The number of hydrogen-bond donors (Lipinski definition) is 0. The first kappa shape index (κ1) is 33.3.